The van der Waals surface area contributed by atoms with Crippen molar-refractivity contribution in [3.8, 4) is 17.2 Å². The Morgan fingerprint density at radius 2 is 1.83 bits per heavy atom. The van der Waals surface area contributed by atoms with Crippen LogP contribution >= 0.6 is 0 Å². The lowest BCUT2D eigenvalue weighted by Crippen LogP contribution is -2.38. The van der Waals surface area contributed by atoms with Gasteiger partial charge in [0.2, 0.25) is 11.7 Å². The first kappa shape index (κ1) is 20.1. The van der Waals surface area contributed by atoms with Crippen molar-refractivity contribution in [3.63, 3.8) is 0 Å². The predicted octanol–water partition coefficient (Wildman–Crippen LogP) is 3.54. The van der Waals surface area contributed by atoms with Gasteiger partial charge in [0.05, 0.1) is 27.8 Å². The Hall–Kier alpha value is -3.22. The van der Waals surface area contributed by atoms with Gasteiger partial charge >= 0.3 is 0 Å². The molecule has 0 saturated carbocycles. The zero-order valence-corrected chi connectivity index (χ0v) is 17.6. The molecule has 1 fully saturated rings. The van der Waals surface area contributed by atoms with Crippen molar-refractivity contribution in [2.24, 2.45) is 0 Å². The number of benzene rings is 1. The first-order chi connectivity index (χ1) is 14.6. The molecule has 1 aliphatic heterocycles. The van der Waals surface area contributed by atoms with Crippen LogP contribution in [0.1, 0.15) is 29.9 Å². The second-order valence-electron chi connectivity index (χ2n) is 7.51. The number of aromatic amines is 1. The van der Waals surface area contributed by atoms with Gasteiger partial charge in [-0.25, -0.2) is 4.98 Å². The molecule has 30 heavy (non-hydrogen) atoms. The van der Waals surface area contributed by atoms with E-state index in [1.165, 1.54) is 10.9 Å². The van der Waals surface area contributed by atoms with Crippen LogP contribution in [-0.4, -0.2) is 55.2 Å². The number of nitrogens with one attached hydrogen (secondary N) is 1. The summed E-state index contributed by atoms with van der Waals surface area (Å²) in [6, 6.07) is 7.75. The molecule has 7 nitrogen and oxygen atoms in total. The summed E-state index contributed by atoms with van der Waals surface area (Å²) < 4.78 is 16.2. The number of methoxy groups -OCH3 is 3. The van der Waals surface area contributed by atoms with Crippen LogP contribution in [0.3, 0.4) is 0 Å². The Labute approximate surface area is 176 Å². The molecule has 0 radical (unpaired) electrons. The van der Waals surface area contributed by atoms with Crippen molar-refractivity contribution in [1.29, 1.82) is 0 Å². The molecule has 2 aromatic heterocycles. The highest BCUT2D eigenvalue weighted by Gasteiger charge is 2.26. The van der Waals surface area contributed by atoms with Crippen molar-refractivity contribution in [2.45, 2.75) is 25.2 Å². The Kier molecular flexibility index (Phi) is 5.79. The molecule has 1 amide bonds. The number of nitrogens with zero attached hydrogens (tertiary/aromatic N) is 2. The molecule has 3 heterocycles. The lowest BCUT2D eigenvalue weighted by molar-refractivity contribution is -0.131. The third-order valence-corrected chi connectivity index (χ3v) is 5.85. The summed E-state index contributed by atoms with van der Waals surface area (Å²) in [5, 5.41) is 1.18. The summed E-state index contributed by atoms with van der Waals surface area (Å²) in [5.41, 5.74) is 3.07. The molecule has 1 aromatic carbocycles. The molecule has 0 bridgehead atoms. The number of fused-ring (bicyclic) bond motifs is 1. The van der Waals surface area contributed by atoms with Crippen LogP contribution < -0.4 is 14.2 Å². The summed E-state index contributed by atoms with van der Waals surface area (Å²) in [6.45, 7) is 1.50. The highest BCUT2D eigenvalue weighted by molar-refractivity contribution is 5.81. The van der Waals surface area contributed by atoms with Gasteiger partial charge in [-0.15, -0.1) is 0 Å². The Balaban J connectivity index is 1.42. The van der Waals surface area contributed by atoms with Crippen LogP contribution in [-0.2, 0) is 11.2 Å². The van der Waals surface area contributed by atoms with Gasteiger partial charge in [-0.05, 0) is 54.2 Å². The van der Waals surface area contributed by atoms with Crippen LogP contribution in [0.15, 0.2) is 36.7 Å². The van der Waals surface area contributed by atoms with Crippen molar-refractivity contribution >= 4 is 16.9 Å². The van der Waals surface area contributed by atoms with E-state index >= 15 is 0 Å². The maximum absolute atomic E-state index is 12.9. The van der Waals surface area contributed by atoms with Crippen LogP contribution in [0, 0.1) is 0 Å². The summed E-state index contributed by atoms with van der Waals surface area (Å²) in [7, 11) is 4.72. The lowest BCUT2D eigenvalue weighted by atomic mass is 9.89. The van der Waals surface area contributed by atoms with Gasteiger partial charge in [-0.3, -0.25) is 4.79 Å². The minimum atomic E-state index is 0.114. The van der Waals surface area contributed by atoms with E-state index in [1.54, 1.807) is 27.5 Å². The van der Waals surface area contributed by atoms with Crippen LogP contribution in [0.2, 0.25) is 0 Å². The summed E-state index contributed by atoms with van der Waals surface area (Å²) in [6.07, 6.45) is 6.06. The highest BCUT2D eigenvalue weighted by atomic mass is 16.5. The molecule has 1 N–H and O–H groups in total. The zero-order valence-electron chi connectivity index (χ0n) is 17.6. The summed E-state index contributed by atoms with van der Waals surface area (Å²) in [4.78, 5) is 22.5. The number of amides is 1. The number of likely N-dealkylation sites (tertiary alicyclic amines) is 1. The third kappa shape index (κ3) is 3.79. The fourth-order valence-electron chi connectivity index (χ4n) is 4.28. The molecule has 4 rings (SSSR count). The van der Waals surface area contributed by atoms with Gasteiger partial charge in [0, 0.05) is 30.9 Å². The minimum absolute atomic E-state index is 0.114. The second kappa shape index (κ2) is 8.65. The SMILES string of the molecule is COc1cc(CC(=O)N2CCC(c3c[nH]c4ncccc34)CC2)cc(OC)c1OC. The number of rotatable bonds is 6. The van der Waals surface area contributed by atoms with Crippen LogP contribution in [0.25, 0.3) is 11.0 Å². The van der Waals surface area contributed by atoms with Crippen LogP contribution in [0.4, 0.5) is 0 Å². The molecule has 0 atom stereocenters. The van der Waals surface area contributed by atoms with Gasteiger partial charge in [0.15, 0.2) is 11.5 Å². The maximum atomic E-state index is 12.9. The molecular formula is C23H27N3O4. The Morgan fingerprint density at radius 1 is 1.13 bits per heavy atom. The smallest absolute Gasteiger partial charge is 0.226 e. The molecule has 1 saturated heterocycles. The van der Waals surface area contributed by atoms with Gasteiger partial charge in [0.25, 0.3) is 0 Å². The van der Waals surface area contributed by atoms with E-state index in [9.17, 15) is 4.79 Å². The van der Waals surface area contributed by atoms with Crippen molar-refractivity contribution in [2.75, 3.05) is 34.4 Å². The first-order valence-corrected chi connectivity index (χ1v) is 10.1. The highest BCUT2D eigenvalue weighted by Crippen LogP contribution is 2.38. The van der Waals surface area contributed by atoms with Crippen molar-refractivity contribution < 1.29 is 19.0 Å². The van der Waals surface area contributed by atoms with Gasteiger partial charge in [-0.1, -0.05) is 0 Å². The number of ether oxygens (including phenoxy) is 3. The van der Waals surface area contributed by atoms with Crippen molar-refractivity contribution in [3.05, 3.63) is 47.8 Å². The predicted molar refractivity (Wildman–Crippen MR) is 114 cm³/mol. The number of hydrogen-bond acceptors (Lipinski definition) is 5. The average molecular weight is 409 g/mol. The van der Waals surface area contributed by atoms with E-state index in [2.05, 4.69) is 22.2 Å². The number of piperidine rings is 1. The molecule has 0 aliphatic carbocycles. The zero-order chi connectivity index (χ0) is 21.1. The van der Waals surface area contributed by atoms with Gasteiger partial charge in [0.1, 0.15) is 5.65 Å². The van der Waals surface area contributed by atoms with E-state index in [0.717, 1.165) is 37.1 Å². The summed E-state index contributed by atoms with van der Waals surface area (Å²) in [5.74, 6) is 2.21. The lowest BCUT2D eigenvalue weighted by Gasteiger charge is -2.32. The second-order valence-corrected chi connectivity index (χ2v) is 7.51. The van der Waals surface area contributed by atoms with E-state index in [0.29, 0.717) is 29.6 Å². The molecular weight excluding hydrogens is 382 g/mol. The molecule has 158 valence electrons. The molecule has 1 aliphatic rings. The summed E-state index contributed by atoms with van der Waals surface area (Å²) >= 11 is 0. The molecule has 3 aromatic rings. The molecule has 0 unspecified atom stereocenters. The number of H-pyrrole nitrogens is 1. The minimum Gasteiger partial charge on any atom is -0.493 e. The standard InChI is InChI=1S/C23H27N3O4/c1-28-19-11-15(12-20(29-2)22(19)30-3)13-21(27)26-9-6-16(7-10-26)18-14-25-23-17(18)5-4-8-24-23/h4-5,8,11-12,14,16H,6-7,9-10,13H2,1-3H3,(H,24,25). The monoisotopic (exact) mass is 409 g/mol. The van der Waals surface area contributed by atoms with E-state index in [4.69, 9.17) is 14.2 Å². The van der Waals surface area contributed by atoms with E-state index < -0.39 is 0 Å². The Bertz CT molecular complexity index is 1010. The molecule has 7 heteroatoms. The Morgan fingerprint density at radius 3 is 2.47 bits per heavy atom. The average Bonchev–Trinajstić information content (AvgIpc) is 3.22. The third-order valence-electron chi connectivity index (χ3n) is 5.85. The van der Waals surface area contributed by atoms with Gasteiger partial charge < -0.3 is 24.1 Å². The fraction of sp³-hybridized carbons (Fsp3) is 0.391. The topological polar surface area (TPSA) is 76.7 Å². The van der Waals surface area contributed by atoms with Crippen LogP contribution in [0.5, 0.6) is 17.2 Å². The number of hydrogen-bond donors (Lipinski definition) is 1. The van der Waals surface area contributed by atoms with Crippen molar-refractivity contribution in [1.82, 2.24) is 14.9 Å². The number of pyridine rings is 1. The first-order valence-electron chi connectivity index (χ1n) is 10.1. The van der Waals surface area contributed by atoms with E-state index in [-0.39, 0.29) is 5.91 Å². The van der Waals surface area contributed by atoms with Gasteiger partial charge in [-0.2, -0.15) is 0 Å². The number of carbonyl (C=O) groups is 1. The number of aromatic nitrogens is 2. The molecule has 0 spiro atoms. The largest absolute Gasteiger partial charge is 0.493 e. The maximum Gasteiger partial charge on any atom is 0.226 e. The fourth-order valence-corrected chi connectivity index (χ4v) is 4.28. The van der Waals surface area contributed by atoms with E-state index in [1.807, 2.05) is 23.1 Å². The number of carbonyl (C=O) groups excluding carboxylic acids is 1. The normalized spacial score (nSPS) is 14.7. The quantitative estimate of drug-likeness (QED) is 0.674.